The molecule has 0 spiro atoms. The monoisotopic (exact) mass is 354 g/mol. The van der Waals surface area contributed by atoms with Gasteiger partial charge in [0.25, 0.3) is 0 Å². The molecule has 1 unspecified atom stereocenters. The van der Waals surface area contributed by atoms with Crippen molar-refractivity contribution in [2.24, 2.45) is 5.92 Å². The van der Waals surface area contributed by atoms with Crippen LogP contribution in [0, 0.1) is 17.2 Å². The van der Waals surface area contributed by atoms with E-state index in [0.29, 0.717) is 31.7 Å². The minimum Gasteiger partial charge on any atom is -0.352 e. The summed E-state index contributed by atoms with van der Waals surface area (Å²) in [5.41, 5.74) is 0.496. The fraction of sp³-hybridized carbons (Fsp3) is 0.500. The number of halogens is 2. The van der Waals surface area contributed by atoms with Crippen molar-refractivity contribution in [1.82, 2.24) is 9.88 Å². The number of carbonyl (C=O) groups is 1. The van der Waals surface area contributed by atoms with Gasteiger partial charge in [0.05, 0.1) is 16.0 Å². The molecule has 112 valence electrons. The molecule has 2 heterocycles. The van der Waals surface area contributed by atoms with Crippen LogP contribution in [0.1, 0.15) is 12.5 Å². The number of alkyl halides is 1. The molecule has 1 aliphatic heterocycles. The summed E-state index contributed by atoms with van der Waals surface area (Å²) in [5, 5.41) is 8.84. The molecule has 1 aromatic heterocycles. The van der Waals surface area contributed by atoms with E-state index in [9.17, 15) is 9.18 Å². The van der Waals surface area contributed by atoms with Gasteiger partial charge >= 0.3 is 0 Å². The fourth-order valence-electron chi connectivity index (χ4n) is 2.24. The molecule has 1 atom stereocenters. The number of amides is 1. The summed E-state index contributed by atoms with van der Waals surface area (Å²) in [7, 11) is 0. The number of hydrogen-bond donors (Lipinski definition) is 0. The highest BCUT2D eigenvalue weighted by molar-refractivity contribution is 9.10. The predicted octanol–water partition coefficient (Wildman–Crippen LogP) is 1.97. The number of hydrogen-bond acceptors (Lipinski definition) is 4. The second-order valence-electron chi connectivity index (χ2n) is 5.01. The van der Waals surface area contributed by atoms with Crippen LogP contribution < -0.4 is 4.90 Å². The number of pyridine rings is 1. The molecule has 0 N–H and O–H groups in total. The number of anilines is 1. The lowest BCUT2D eigenvalue weighted by molar-refractivity contribution is -0.135. The van der Waals surface area contributed by atoms with Gasteiger partial charge in [-0.25, -0.2) is 4.98 Å². The molecule has 21 heavy (non-hydrogen) atoms. The summed E-state index contributed by atoms with van der Waals surface area (Å²) in [6, 6.07) is 3.77. The topological polar surface area (TPSA) is 60.2 Å². The van der Waals surface area contributed by atoms with Crippen molar-refractivity contribution in [2.75, 3.05) is 37.8 Å². The van der Waals surface area contributed by atoms with Crippen LogP contribution in [-0.4, -0.2) is 48.6 Å². The first-order valence-corrected chi connectivity index (χ1v) is 7.51. The first-order valence-electron chi connectivity index (χ1n) is 6.72. The Balaban J connectivity index is 2.01. The number of nitrogens with zero attached hydrogens (tertiary/aromatic N) is 4. The Kier molecular flexibility index (Phi) is 5.12. The minimum atomic E-state index is -0.623. The summed E-state index contributed by atoms with van der Waals surface area (Å²) in [6.07, 6.45) is 1.53. The molecule has 0 radical (unpaired) electrons. The molecular formula is C14H16BrFN4O. The highest BCUT2D eigenvalue weighted by atomic mass is 79.9. The van der Waals surface area contributed by atoms with Crippen molar-refractivity contribution >= 4 is 27.7 Å². The molecule has 1 amide bonds. The second-order valence-corrected chi connectivity index (χ2v) is 5.86. The Morgan fingerprint density at radius 1 is 1.52 bits per heavy atom. The third-order valence-electron chi connectivity index (χ3n) is 3.49. The molecule has 0 bridgehead atoms. The molecule has 0 saturated carbocycles. The van der Waals surface area contributed by atoms with Crippen LogP contribution in [0.25, 0.3) is 0 Å². The van der Waals surface area contributed by atoms with Crippen LogP contribution in [0.2, 0.25) is 0 Å². The number of piperazine rings is 1. The summed E-state index contributed by atoms with van der Waals surface area (Å²) >= 11 is 3.42. The Hall–Kier alpha value is -1.68. The van der Waals surface area contributed by atoms with Gasteiger partial charge in [-0.15, -0.1) is 0 Å². The van der Waals surface area contributed by atoms with E-state index in [4.69, 9.17) is 5.26 Å². The van der Waals surface area contributed by atoms with Crippen LogP contribution in [0.15, 0.2) is 16.7 Å². The number of rotatable bonds is 3. The van der Waals surface area contributed by atoms with Gasteiger partial charge in [-0.3, -0.25) is 9.18 Å². The van der Waals surface area contributed by atoms with Crippen LogP contribution >= 0.6 is 15.9 Å². The quantitative estimate of drug-likeness (QED) is 0.832. The van der Waals surface area contributed by atoms with E-state index in [2.05, 4.69) is 25.8 Å². The van der Waals surface area contributed by atoms with E-state index in [-0.39, 0.29) is 5.91 Å². The standard InChI is InChI=1S/C14H16BrFN4O/c1-10(7-16)14(21)20-4-2-19(3-5-20)13-12(15)6-11(8-17)9-18-13/h6,9-10H,2-5,7H2,1H3. The highest BCUT2D eigenvalue weighted by Crippen LogP contribution is 2.25. The normalized spacial score (nSPS) is 16.5. The predicted molar refractivity (Wildman–Crippen MR) is 80.6 cm³/mol. The van der Waals surface area contributed by atoms with E-state index < -0.39 is 12.6 Å². The van der Waals surface area contributed by atoms with Gasteiger partial charge in [0.1, 0.15) is 18.6 Å². The Morgan fingerprint density at radius 2 is 2.19 bits per heavy atom. The van der Waals surface area contributed by atoms with E-state index in [1.807, 2.05) is 6.07 Å². The lowest BCUT2D eigenvalue weighted by Gasteiger charge is -2.36. The summed E-state index contributed by atoms with van der Waals surface area (Å²) in [5.74, 6) is 0.0555. The fourth-order valence-corrected chi connectivity index (χ4v) is 2.84. The molecule has 1 saturated heterocycles. The van der Waals surface area contributed by atoms with Crippen LogP contribution in [0.5, 0.6) is 0 Å². The van der Waals surface area contributed by atoms with Crippen molar-refractivity contribution in [3.8, 4) is 6.07 Å². The molecule has 0 aliphatic carbocycles. The van der Waals surface area contributed by atoms with Crippen molar-refractivity contribution < 1.29 is 9.18 Å². The lowest BCUT2D eigenvalue weighted by atomic mass is 10.1. The van der Waals surface area contributed by atoms with Crippen LogP contribution in [0.3, 0.4) is 0 Å². The van der Waals surface area contributed by atoms with E-state index in [1.54, 1.807) is 17.9 Å². The molecule has 2 rings (SSSR count). The Bertz CT molecular complexity index is 567. The molecule has 1 aliphatic rings. The molecule has 7 heteroatoms. The molecule has 1 aromatic rings. The summed E-state index contributed by atoms with van der Waals surface area (Å²) in [6.45, 7) is 3.37. The Morgan fingerprint density at radius 3 is 2.71 bits per heavy atom. The van der Waals surface area contributed by atoms with E-state index >= 15 is 0 Å². The second kappa shape index (κ2) is 6.85. The SMILES string of the molecule is CC(CF)C(=O)N1CCN(c2ncc(C#N)cc2Br)CC1. The maximum Gasteiger partial charge on any atom is 0.228 e. The van der Waals surface area contributed by atoms with E-state index in [1.165, 1.54) is 6.20 Å². The average Bonchev–Trinajstić information content (AvgIpc) is 2.53. The van der Waals surface area contributed by atoms with Gasteiger partial charge in [-0.05, 0) is 22.0 Å². The largest absolute Gasteiger partial charge is 0.352 e. The molecular weight excluding hydrogens is 339 g/mol. The van der Waals surface area contributed by atoms with Crippen LogP contribution in [0.4, 0.5) is 10.2 Å². The average molecular weight is 355 g/mol. The number of carbonyl (C=O) groups excluding carboxylic acids is 1. The Labute approximate surface area is 131 Å². The third-order valence-corrected chi connectivity index (χ3v) is 4.08. The zero-order chi connectivity index (χ0) is 15.4. The molecule has 1 fully saturated rings. The van der Waals surface area contributed by atoms with Gasteiger partial charge < -0.3 is 9.80 Å². The number of aromatic nitrogens is 1. The van der Waals surface area contributed by atoms with Gasteiger partial charge in [-0.1, -0.05) is 6.92 Å². The molecule has 0 aromatic carbocycles. The van der Waals surface area contributed by atoms with Crippen molar-refractivity contribution in [1.29, 1.82) is 5.26 Å². The summed E-state index contributed by atoms with van der Waals surface area (Å²) in [4.78, 5) is 20.0. The maximum atomic E-state index is 12.6. The zero-order valence-corrected chi connectivity index (χ0v) is 13.3. The van der Waals surface area contributed by atoms with Crippen molar-refractivity contribution in [2.45, 2.75) is 6.92 Å². The smallest absolute Gasteiger partial charge is 0.228 e. The summed E-state index contributed by atoms with van der Waals surface area (Å²) < 4.78 is 13.3. The zero-order valence-electron chi connectivity index (χ0n) is 11.7. The first-order chi connectivity index (χ1) is 10.1. The maximum absolute atomic E-state index is 12.6. The van der Waals surface area contributed by atoms with Crippen molar-refractivity contribution in [3.63, 3.8) is 0 Å². The minimum absolute atomic E-state index is 0.135. The van der Waals surface area contributed by atoms with Gasteiger partial charge in [0.2, 0.25) is 5.91 Å². The molecule has 5 nitrogen and oxygen atoms in total. The van der Waals surface area contributed by atoms with Gasteiger partial charge in [0.15, 0.2) is 0 Å². The van der Waals surface area contributed by atoms with Gasteiger partial charge in [-0.2, -0.15) is 5.26 Å². The number of nitriles is 1. The van der Waals surface area contributed by atoms with E-state index in [0.717, 1.165) is 10.3 Å². The van der Waals surface area contributed by atoms with Crippen molar-refractivity contribution in [3.05, 3.63) is 22.3 Å². The lowest BCUT2D eigenvalue weighted by Crippen LogP contribution is -2.50. The third kappa shape index (κ3) is 3.50. The van der Waals surface area contributed by atoms with Crippen LogP contribution in [-0.2, 0) is 4.79 Å². The highest BCUT2D eigenvalue weighted by Gasteiger charge is 2.26. The first kappa shape index (κ1) is 15.7. The van der Waals surface area contributed by atoms with Gasteiger partial charge in [0, 0.05) is 32.4 Å².